The Bertz CT molecular complexity index is 220. The van der Waals surface area contributed by atoms with Crippen molar-refractivity contribution in [2.75, 3.05) is 0 Å². The molecule has 60 valence electrons. The van der Waals surface area contributed by atoms with Crippen molar-refractivity contribution in [2.24, 2.45) is 11.3 Å². The smallest absolute Gasteiger partial charge is 0.0927 e. The lowest BCUT2D eigenvalue weighted by molar-refractivity contribution is 0.0824. The number of ether oxygens (including phenoxy) is 2. The van der Waals surface area contributed by atoms with E-state index in [0.29, 0.717) is 29.8 Å². The summed E-state index contributed by atoms with van der Waals surface area (Å²) in [5, 5.41) is 0. The van der Waals surface area contributed by atoms with Crippen LogP contribution in [-0.2, 0) is 9.47 Å². The molecule has 2 heterocycles. The minimum atomic E-state index is 0.472. The molecule has 2 heteroatoms. The SMILES string of the molecule is CCC12CC(C3OC31)C1OC12. The van der Waals surface area contributed by atoms with E-state index in [4.69, 9.17) is 9.47 Å². The summed E-state index contributed by atoms with van der Waals surface area (Å²) in [5.74, 6) is 0.782. The number of fused-ring (bicyclic) bond motifs is 8. The number of hydrogen-bond donors (Lipinski definition) is 0. The molecule has 4 unspecified atom stereocenters. The Morgan fingerprint density at radius 3 is 2.36 bits per heavy atom. The molecule has 4 atom stereocenters. The quantitative estimate of drug-likeness (QED) is 0.523. The molecule has 0 radical (unpaired) electrons. The van der Waals surface area contributed by atoms with Crippen LogP contribution in [0.5, 0.6) is 0 Å². The first kappa shape index (κ1) is 5.55. The summed E-state index contributed by atoms with van der Waals surface area (Å²) in [6, 6.07) is 0. The summed E-state index contributed by atoms with van der Waals surface area (Å²) in [6.45, 7) is 2.28. The third-order valence-corrected chi connectivity index (χ3v) is 4.30. The van der Waals surface area contributed by atoms with Crippen LogP contribution in [0.3, 0.4) is 0 Å². The largest absolute Gasteiger partial charge is 0.368 e. The van der Waals surface area contributed by atoms with Gasteiger partial charge in [-0.2, -0.15) is 0 Å². The molecule has 11 heavy (non-hydrogen) atoms. The molecule has 0 aromatic rings. The molecule has 0 aromatic heterocycles. The molecular formula is C9H12O2. The Morgan fingerprint density at radius 2 is 1.91 bits per heavy atom. The minimum absolute atomic E-state index is 0.472. The monoisotopic (exact) mass is 152 g/mol. The lowest BCUT2D eigenvalue weighted by Crippen LogP contribution is -2.29. The second-order valence-electron chi connectivity index (χ2n) is 4.50. The second-order valence-corrected chi connectivity index (χ2v) is 4.50. The van der Waals surface area contributed by atoms with E-state index in [0.717, 1.165) is 5.92 Å². The van der Waals surface area contributed by atoms with Crippen LogP contribution >= 0.6 is 0 Å². The van der Waals surface area contributed by atoms with Gasteiger partial charge in [0.1, 0.15) is 0 Å². The van der Waals surface area contributed by atoms with Crippen molar-refractivity contribution in [2.45, 2.75) is 44.2 Å². The molecule has 0 amide bonds. The maximum Gasteiger partial charge on any atom is 0.0927 e. The Balaban J connectivity index is 1.87. The first-order valence-corrected chi connectivity index (χ1v) is 4.68. The Morgan fingerprint density at radius 1 is 1.27 bits per heavy atom. The van der Waals surface area contributed by atoms with Gasteiger partial charge in [0, 0.05) is 11.3 Å². The summed E-state index contributed by atoms with van der Waals surface area (Å²) in [6.07, 6.45) is 5.07. The van der Waals surface area contributed by atoms with Crippen molar-refractivity contribution >= 4 is 0 Å². The van der Waals surface area contributed by atoms with Crippen molar-refractivity contribution in [3.63, 3.8) is 0 Å². The number of epoxide rings is 2. The molecular weight excluding hydrogens is 140 g/mol. The van der Waals surface area contributed by atoms with E-state index >= 15 is 0 Å². The lowest BCUT2D eigenvalue weighted by atomic mass is 9.81. The van der Waals surface area contributed by atoms with Gasteiger partial charge in [0.05, 0.1) is 24.4 Å². The molecule has 2 aliphatic heterocycles. The van der Waals surface area contributed by atoms with Crippen LogP contribution in [-0.4, -0.2) is 24.4 Å². The van der Waals surface area contributed by atoms with E-state index in [1.54, 1.807) is 0 Å². The molecule has 0 spiro atoms. The molecule has 2 saturated carbocycles. The van der Waals surface area contributed by atoms with Gasteiger partial charge in [0.15, 0.2) is 0 Å². The molecule has 4 rings (SSSR count). The molecule has 2 nitrogen and oxygen atoms in total. The van der Waals surface area contributed by atoms with Crippen LogP contribution in [0, 0.1) is 11.3 Å². The maximum atomic E-state index is 5.65. The van der Waals surface area contributed by atoms with Gasteiger partial charge in [-0.25, -0.2) is 0 Å². The zero-order chi connectivity index (χ0) is 7.22. The van der Waals surface area contributed by atoms with Crippen LogP contribution < -0.4 is 0 Å². The number of hydrogen-bond acceptors (Lipinski definition) is 2. The van der Waals surface area contributed by atoms with Crippen molar-refractivity contribution in [3.05, 3.63) is 0 Å². The molecule has 4 fully saturated rings. The topological polar surface area (TPSA) is 25.1 Å². The number of rotatable bonds is 1. The van der Waals surface area contributed by atoms with Crippen LogP contribution in [0.15, 0.2) is 0 Å². The van der Waals surface area contributed by atoms with E-state index < -0.39 is 0 Å². The summed E-state index contributed by atoms with van der Waals surface area (Å²) in [4.78, 5) is 0. The Hall–Kier alpha value is -0.0800. The zero-order valence-electron chi connectivity index (χ0n) is 6.62. The highest BCUT2D eigenvalue weighted by atomic mass is 16.6. The zero-order valence-corrected chi connectivity index (χ0v) is 6.62. The van der Waals surface area contributed by atoms with Gasteiger partial charge in [-0.15, -0.1) is 0 Å². The third kappa shape index (κ3) is 0.390. The molecule has 4 aliphatic rings. The van der Waals surface area contributed by atoms with E-state index in [1.165, 1.54) is 12.8 Å². The summed E-state index contributed by atoms with van der Waals surface area (Å²) >= 11 is 0. The van der Waals surface area contributed by atoms with Crippen LogP contribution in [0.4, 0.5) is 0 Å². The van der Waals surface area contributed by atoms with Crippen molar-refractivity contribution in [1.29, 1.82) is 0 Å². The lowest BCUT2D eigenvalue weighted by Gasteiger charge is -2.23. The Kier molecular flexibility index (Phi) is 0.641. The standard InChI is InChI=1S/C9H12O2/c1-2-9-3-4(5-7(9)10-5)6-8(9)11-6/h4-8H,2-3H2,1H3. The second kappa shape index (κ2) is 1.27. The van der Waals surface area contributed by atoms with E-state index in [1.807, 2.05) is 0 Å². The van der Waals surface area contributed by atoms with Gasteiger partial charge < -0.3 is 9.47 Å². The fraction of sp³-hybridized carbons (Fsp3) is 1.00. The average Bonchev–Trinajstić information content (AvgIpc) is 2.91. The Labute approximate surface area is 65.9 Å². The highest BCUT2D eigenvalue weighted by Gasteiger charge is 2.81. The van der Waals surface area contributed by atoms with Gasteiger partial charge in [-0.05, 0) is 12.8 Å². The predicted octanol–water partition coefficient (Wildman–Crippen LogP) is 0.951. The predicted molar refractivity (Wildman–Crippen MR) is 38.2 cm³/mol. The highest BCUT2D eigenvalue weighted by Crippen LogP contribution is 2.72. The molecule has 2 bridgehead atoms. The summed E-state index contributed by atoms with van der Waals surface area (Å²) < 4.78 is 11.3. The minimum Gasteiger partial charge on any atom is -0.368 e. The molecule has 2 aliphatic carbocycles. The summed E-state index contributed by atoms with van der Waals surface area (Å²) in [5.41, 5.74) is 0.472. The van der Waals surface area contributed by atoms with Gasteiger partial charge in [-0.3, -0.25) is 0 Å². The van der Waals surface area contributed by atoms with Crippen molar-refractivity contribution in [1.82, 2.24) is 0 Å². The summed E-state index contributed by atoms with van der Waals surface area (Å²) in [7, 11) is 0. The van der Waals surface area contributed by atoms with E-state index in [-0.39, 0.29) is 0 Å². The van der Waals surface area contributed by atoms with Crippen molar-refractivity contribution < 1.29 is 9.47 Å². The average molecular weight is 152 g/mol. The van der Waals surface area contributed by atoms with Crippen LogP contribution in [0.1, 0.15) is 19.8 Å². The fourth-order valence-corrected chi connectivity index (χ4v) is 3.62. The van der Waals surface area contributed by atoms with E-state index in [9.17, 15) is 0 Å². The van der Waals surface area contributed by atoms with Gasteiger partial charge >= 0.3 is 0 Å². The van der Waals surface area contributed by atoms with Crippen LogP contribution in [0.25, 0.3) is 0 Å². The van der Waals surface area contributed by atoms with Gasteiger partial charge in [0.25, 0.3) is 0 Å². The maximum absolute atomic E-state index is 5.65. The highest BCUT2D eigenvalue weighted by molar-refractivity contribution is 5.28. The molecule has 0 aromatic carbocycles. The first-order valence-electron chi connectivity index (χ1n) is 4.68. The molecule has 2 saturated heterocycles. The normalized spacial score (nSPS) is 74.5. The van der Waals surface area contributed by atoms with E-state index in [2.05, 4.69) is 6.92 Å². The van der Waals surface area contributed by atoms with Crippen molar-refractivity contribution in [3.8, 4) is 0 Å². The van der Waals surface area contributed by atoms with Crippen LogP contribution in [0.2, 0.25) is 0 Å². The van der Waals surface area contributed by atoms with Gasteiger partial charge in [-0.1, -0.05) is 6.92 Å². The third-order valence-electron chi connectivity index (χ3n) is 4.30. The first-order chi connectivity index (χ1) is 5.37. The van der Waals surface area contributed by atoms with Gasteiger partial charge in [0.2, 0.25) is 0 Å². The fourth-order valence-electron chi connectivity index (χ4n) is 3.62. The molecule has 0 N–H and O–H groups in total.